The maximum absolute atomic E-state index is 13.7. The Bertz CT molecular complexity index is 1250. The molecule has 190 valence electrons. The third-order valence-electron chi connectivity index (χ3n) is 6.61. The second-order valence-electron chi connectivity index (χ2n) is 9.85. The highest BCUT2D eigenvalue weighted by molar-refractivity contribution is 6.10. The van der Waals surface area contributed by atoms with Crippen molar-refractivity contribution in [1.29, 1.82) is 0 Å². The molecule has 0 fully saturated rings. The van der Waals surface area contributed by atoms with Crippen LogP contribution in [0.3, 0.4) is 0 Å². The van der Waals surface area contributed by atoms with E-state index in [1.807, 2.05) is 6.92 Å². The number of hydrogen-bond acceptors (Lipinski definition) is 6. The second kappa shape index (κ2) is 9.68. The molecule has 0 bridgehead atoms. The SMILES string of the molecule is COc1cc([C@@H]2C(C(=O)Nc3ccc(F)cc3)=C(C)NC3=C2C(=O)CC(C)(C)C3)cc(OC)c1OC. The van der Waals surface area contributed by atoms with Crippen LogP contribution in [0.1, 0.15) is 45.1 Å². The summed E-state index contributed by atoms with van der Waals surface area (Å²) in [7, 11) is 4.56. The topological polar surface area (TPSA) is 85.9 Å². The Morgan fingerprint density at radius 1 is 1.03 bits per heavy atom. The number of anilines is 1. The summed E-state index contributed by atoms with van der Waals surface area (Å²) in [5.41, 5.74) is 3.29. The van der Waals surface area contributed by atoms with Crippen LogP contribution in [0.2, 0.25) is 0 Å². The van der Waals surface area contributed by atoms with E-state index in [4.69, 9.17) is 14.2 Å². The van der Waals surface area contributed by atoms with E-state index in [0.29, 0.717) is 58.2 Å². The maximum Gasteiger partial charge on any atom is 0.254 e. The fourth-order valence-electron chi connectivity index (χ4n) is 5.07. The molecule has 2 aromatic rings. The largest absolute Gasteiger partial charge is 0.493 e. The average molecular weight is 495 g/mol. The molecule has 2 aromatic carbocycles. The van der Waals surface area contributed by atoms with E-state index in [-0.39, 0.29) is 11.2 Å². The first-order valence-corrected chi connectivity index (χ1v) is 11.7. The fourth-order valence-corrected chi connectivity index (χ4v) is 5.07. The zero-order valence-corrected chi connectivity index (χ0v) is 21.4. The predicted molar refractivity (Wildman–Crippen MR) is 135 cm³/mol. The lowest BCUT2D eigenvalue weighted by molar-refractivity contribution is -0.118. The van der Waals surface area contributed by atoms with Gasteiger partial charge in [-0.25, -0.2) is 4.39 Å². The van der Waals surface area contributed by atoms with Crippen LogP contribution in [-0.4, -0.2) is 33.0 Å². The first kappa shape index (κ1) is 25.3. The number of dihydropyridines is 1. The van der Waals surface area contributed by atoms with Crippen molar-refractivity contribution >= 4 is 17.4 Å². The highest BCUT2D eigenvalue weighted by Gasteiger charge is 2.43. The van der Waals surface area contributed by atoms with Crippen LogP contribution in [0.4, 0.5) is 10.1 Å². The van der Waals surface area contributed by atoms with Crippen molar-refractivity contribution in [3.63, 3.8) is 0 Å². The highest BCUT2D eigenvalue weighted by atomic mass is 19.1. The Kier molecular flexibility index (Phi) is 6.80. The summed E-state index contributed by atoms with van der Waals surface area (Å²) in [6.07, 6.45) is 1.03. The number of allylic oxidation sites excluding steroid dienone is 3. The number of carbonyl (C=O) groups is 2. The molecule has 1 amide bonds. The molecule has 0 unspecified atom stereocenters. The lowest BCUT2D eigenvalue weighted by Gasteiger charge is -2.39. The number of methoxy groups -OCH3 is 3. The lowest BCUT2D eigenvalue weighted by atomic mass is 9.68. The van der Waals surface area contributed by atoms with E-state index in [0.717, 1.165) is 5.70 Å². The van der Waals surface area contributed by atoms with Gasteiger partial charge in [-0.15, -0.1) is 0 Å². The molecular weight excluding hydrogens is 463 g/mol. The third-order valence-corrected chi connectivity index (χ3v) is 6.61. The van der Waals surface area contributed by atoms with Crippen LogP contribution in [0.15, 0.2) is 58.9 Å². The van der Waals surface area contributed by atoms with Crippen molar-refractivity contribution in [3.05, 3.63) is 70.3 Å². The van der Waals surface area contributed by atoms with Gasteiger partial charge in [0.2, 0.25) is 5.75 Å². The normalized spacial score (nSPS) is 18.9. The molecule has 0 aromatic heterocycles. The maximum atomic E-state index is 13.7. The van der Waals surface area contributed by atoms with E-state index in [1.54, 1.807) is 12.1 Å². The molecule has 2 aliphatic rings. The molecule has 36 heavy (non-hydrogen) atoms. The Hall–Kier alpha value is -3.81. The van der Waals surface area contributed by atoms with Crippen LogP contribution in [0.25, 0.3) is 0 Å². The van der Waals surface area contributed by atoms with Gasteiger partial charge in [0.1, 0.15) is 5.82 Å². The molecule has 4 rings (SSSR count). The Morgan fingerprint density at radius 2 is 1.64 bits per heavy atom. The highest BCUT2D eigenvalue weighted by Crippen LogP contribution is 2.49. The van der Waals surface area contributed by atoms with Crippen molar-refractivity contribution in [2.24, 2.45) is 5.41 Å². The van der Waals surface area contributed by atoms with E-state index >= 15 is 0 Å². The van der Waals surface area contributed by atoms with Crippen LogP contribution in [0.5, 0.6) is 17.2 Å². The van der Waals surface area contributed by atoms with Gasteiger partial charge < -0.3 is 24.8 Å². The third kappa shape index (κ3) is 4.67. The van der Waals surface area contributed by atoms with Gasteiger partial charge >= 0.3 is 0 Å². The molecule has 8 heteroatoms. The molecule has 0 saturated heterocycles. The van der Waals surface area contributed by atoms with Crippen LogP contribution >= 0.6 is 0 Å². The van der Waals surface area contributed by atoms with Gasteiger partial charge in [-0.05, 0) is 60.7 Å². The van der Waals surface area contributed by atoms with Crippen molar-refractivity contribution in [2.75, 3.05) is 26.6 Å². The van der Waals surface area contributed by atoms with E-state index < -0.39 is 17.6 Å². The minimum atomic E-state index is -0.668. The number of amides is 1. The van der Waals surface area contributed by atoms with E-state index in [2.05, 4.69) is 24.5 Å². The van der Waals surface area contributed by atoms with Crippen LogP contribution < -0.4 is 24.8 Å². The Balaban J connectivity index is 1.89. The summed E-state index contributed by atoms with van der Waals surface area (Å²) in [4.78, 5) is 27.2. The summed E-state index contributed by atoms with van der Waals surface area (Å²) in [5, 5.41) is 6.19. The molecule has 0 saturated carbocycles. The number of ketones is 1. The Morgan fingerprint density at radius 3 is 2.19 bits per heavy atom. The zero-order valence-electron chi connectivity index (χ0n) is 21.4. The monoisotopic (exact) mass is 494 g/mol. The van der Waals surface area contributed by atoms with Gasteiger partial charge in [-0.3, -0.25) is 9.59 Å². The predicted octanol–water partition coefficient (Wildman–Crippen LogP) is 5.09. The van der Waals surface area contributed by atoms with Gasteiger partial charge in [-0.1, -0.05) is 13.8 Å². The average Bonchev–Trinajstić information content (AvgIpc) is 2.82. The van der Waals surface area contributed by atoms with Crippen molar-refractivity contribution in [3.8, 4) is 17.2 Å². The summed E-state index contributed by atoms with van der Waals surface area (Å²) < 4.78 is 30.0. The van der Waals surface area contributed by atoms with Gasteiger partial charge in [0.25, 0.3) is 5.91 Å². The van der Waals surface area contributed by atoms with Gasteiger partial charge in [0.15, 0.2) is 17.3 Å². The standard InChI is InChI=1S/C28H31FN2O5/c1-15-23(27(33)31-18-9-7-17(29)8-10-18)24(25-19(30-15)13-28(2,3)14-20(25)32)16-11-21(34-4)26(36-6)22(12-16)35-5/h7-12,24,30H,13-14H2,1-6H3,(H,31,33)/t24-/m1/s1. The quantitative estimate of drug-likeness (QED) is 0.582. The molecule has 1 aliphatic heterocycles. The second-order valence-corrected chi connectivity index (χ2v) is 9.85. The van der Waals surface area contributed by atoms with Gasteiger partial charge in [-0.2, -0.15) is 0 Å². The number of benzene rings is 2. The minimum Gasteiger partial charge on any atom is -0.493 e. The molecule has 1 atom stereocenters. The number of hydrogen-bond donors (Lipinski definition) is 2. The fraction of sp³-hybridized carbons (Fsp3) is 0.357. The molecular formula is C28H31FN2O5. The summed E-state index contributed by atoms with van der Waals surface area (Å²) in [5.74, 6) is -0.219. The first-order chi connectivity index (χ1) is 17.1. The molecule has 0 radical (unpaired) electrons. The summed E-state index contributed by atoms with van der Waals surface area (Å²) in [6, 6.07) is 9.08. The minimum absolute atomic E-state index is 0.0212. The number of rotatable bonds is 6. The lowest BCUT2D eigenvalue weighted by Crippen LogP contribution is -2.39. The van der Waals surface area contributed by atoms with Crippen molar-refractivity contribution in [1.82, 2.24) is 5.32 Å². The summed E-state index contributed by atoms with van der Waals surface area (Å²) >= 11 is 0. The molecule has 1 heterocycles. The number of nitrogens with one attached hydrogen (secondary N) is 2. The smallest absolute Gasteiger partial charge is 0.254 e. The van der Waals surface area contributed by atoms with Crippen LogP contribution in [-0.2, 0) is 9.59 Å². The molecule has 7 nitrogen and oxygen atoms in total. The number of halogens is 1. The first-order valence-electron chi connectivity index (χ1n) is 11.7. The van der Waals surface area contributed by atoms with Crippen LogP contribution in [0, 0.1) is 11.2 Å². The van der Waals surface area contributed by atoms with Gasteiger partial charge in [0.05, 0.1) is 21.3 Å². The van der Waals surface area contributed by atoms with Crippen molar-refractivity contribution < 1.29 is 28.2 Å². The number of carbonyl (C=O) groups excluding carboxylic acids is 2. The van der Waals surface area contributed by atoms with E-state index in [1.165, 1.54) is 45.6 Å². The molecule has 2 N–H and O–H groups in total. The number of ether oxygens (including phenoxy) is 3. The summed E-state index contributed by atoms with van der Waals surface area (Å²) in [6.45, 7) is 5.93. The van der Waals surface area contributed by atoms with E-state index in [9.17, 15) is 14.0 Å². The molecule has 0 spiro atoms. The van der Waals surface area contributed by atoms with Crippen molar-refractivity contribution in [2.45, 2.75) is 39.5 Å². The Labute approximate surface area is 210 Å². The number of Topliss-reactive ketones (excluding diaryl/α,β-unsaturated/α-hetero) is 1. The molecule has 1 aliphatic carbocycles. The van der Waals surface area contributed by atoms with Gasteiger partial charge in [0, 0.05) is 40.6 Å². The zero-order chi connectivity index (χ0) is 26.2.